The summed E-state index contributed by atoms with van der Waals surface area (Å²) in [6, 6.07) is 5.41. The molecule has 86 valence electrons. The Hall–Kier alpha value is -0.930. The first-order chi connectivity index (χ1) is 7.66. The van der Waals surface area contributed by atoms with Crippen molar-refractivity contribution < 1.29 is 9.53 Å². The third kappa shape index (κ3) is 3.03. The highest BCUT2D eigenvalue weighted by Crippen LogP contribution is 2.31. The summed E-state index contributed by atoms with van der Waals surface area (Å²) >= 11 is 11.7. The van der Waals surface area contributed by atoms with Crippen LogP contribution in [0.4, 0.5) is 0 Å². The van der Waals surface area contributed by atoms with Crippen LogP contribution in [0.25, 0.3) is 0 Å². The first kappa shape index (κ1) is 11.6. The van der Waals surface area contributed by atoms with Crippen LogP contribution < -0.4 is 10.1 Å². The highest BCUT2D eigenvalue weighted by Gasteiger charge is 2.23. The van der Waals surface area contributed by atoms with E-state index in [4.69, 9.17) is 27.9 Å². The van der Waals surface area contributed by atoms with Crippen molar-refractivity contribution in [2.24, 2.45) is 0 Å². The predicted octanol–water partition coefficient (Wildman–Crippen LogP) is 2.65. The number of hydrogen-bond donors (Lipinski definition) is 1. The molecule has 1 fully saturated rings. The van der Waals surface area contributed by atoms with Gasteiger partial charge in [-0.15, -0.1) is 0 Å². The summed E-state index contributed by atoms with van der Waals surface area (Å²) in [5, 5.41) is 3.57. The number of amides is 1. The lowest BCUT2D eigenvalue weighted by Crippen LogP contribution is -2.30. The van der Waals surface area contributed by atoms with Crippen molar-refractivity contribution in [2.75, 3.05) is 6.61 Å². The summed E-state index contributed by atoms with van der Waals surface area (Å²) in [5.74, 6) is 0.304. The summed E-state index contributed by atoms with van der Waals surface area (Å²) in [6.07, 6.45) is 2.12. The number of nitrogens with one attached hydrogen (secondary N) is 1. The van der Waals surface area contributed by atoms with Gasteiger partial charge in [0.05, 0.1) is 5.02 Å². The molecule has 0 heterocycles. The second kappa shape index (κ2) is 4.93. The molecule has 0 saturated heterocycles. The lowest BCUT2D eigenvalue weighted by atomic mass is 10.3. The minimum atomic E-state index is -0.126. The maximum absolute atomic E-state index is 11.4. The SMILES string of the molecule is O=C(COc1cccc(Cl)c1Cl)NC1CC1. The van der Waals surface area contributed by atoms with Crippen LogP contribution in [-0.4, -0.2) is 18.6 Å². The van der Waals surface area contributed by atoms with Crippen molar-refractivity contribution in [1.82, 2.24) is 5.32 Å². The molecule has 5 heteroatoms. The summed E-state index contributed by atoms with van der Waals surface area (Å²) in [4.78, 5) is 11.4. The number of hydrogen-bond acceptors (Lipinski definition) is 2. The number of rotatable bonds is 4. The lowest BCUT2D eigenvalue weighted by Gasteiger charge is -2.08. The molecule has 0 radical (unpaired) electrons. The molecule has 16 heavy (non-hydrogen) atoms. The van der Waals surface area contributed by atoms with E-state index in [-0.39, 0.29) is 12.5 Å². The number of carbonyl (C=O) groups excluding carboxylic acids is 1. The fourth-order valence-electron chi connectivity index (χ4n) is 1.24. The topological polar surface area (TPSA) is 38.3 Å². The maximum atomic E-state index is 11.4. The standard InChI is InChI=1S/C11H11Cl2NO2/c12-8-2-1-3-9(11(8)13)16-6-10(15)14-7-4-5-7/h1-3,7H,4-6H2,(H,14,15). The summed E-state index contributed by atoms with van der Waals surface area (Å²) < 4.78 is 5.28. The molecule has 1 aliphatic rings. The van der Waals surface area contributed by atoms with Gasteiger partial charge in [0, 0.05) is 6.04 Å². The predicted molar refractivity (Wildman–Crippen MR) is 63.1 cm³/mol. The van der Waals surface area contributed by atoms with E-state index in [0.29, 0.717) is 21.8 Å². The number of benzene rings is 1. The van der Waals surface area contributed by atoms with Crippen LogP contribution in [-0.2, 0) is 4.79 Å². The van der Waals surface area contributed by atoms with E-state index in [2.05, 4.69) is 5.32 Å². The van der Waals surface area contributed by atoms with Crippen LogP contribution in [0.1, 0.15) is 12.8 Å². The quantitative estimate of drug-likeness (QED) is 0.903. The fourth-order valence-corrected chi connectivity index (χ4v) is 1.58. The molecule has 1 N–H and O–H groups in total. The minimum absolute atomic E-state index is 0.0312. The third-order valence-corrected chi connectivity index (χ3v) is 3.02. The van der Waals surface area contributed by atoms with Crippen molar-refractivity contribution in [3.63, 3.8) is 0 Å². The Bertz CT molecular complexity index is 405. The molecule has 1 amide bonds. The maximum Gasteiger partial charge on any atom is 0.258 e. The monoisotopic (exact) mass is 259 g/mol. The van der Waals surface area contributed by atoms with Gasteiger partial charge in [0.15, 0.2) is 6.61 Å². The molecule has 1 aliphatic carbocycles. The van der Waals surface area contributed by atoms with Gasteiger partial charge in [-0.2, -0.15) is 0 Å². The zero-order valence-corrected chi connectivity index (χ0v) is 10.0. The Balaban J connectivity index is 1.88. The zero-order valence-electron chi connectivity index (χ0n) is 8.50. The Kier molecular flexibility index (Phi) is 3.56. The Labute approximate surface area is 104 Å². The van der Waals surface area contributed by atoms with Crippen molar-refractivity contribution in [1.29, 1.82) is 0 Å². The van der Waals surface area contributed by atoms with Crippen LogP contribution in [0, 0.1) is 0 Å². The molecule has 0 aliphatic heterocycles. The smallest absolute Gasteiger partial charge is 0.258 e. The summed E-state index contributed by atoms with van der Waals surface area (Å²) in [6.45, 7) is -0.0312. The van der Waals surface area contributed by atoms with E-state index in [9.17, 15) is 4.79 Å². The molecule has 2 rings (SSSR count). The van der Waals surface area contributed by atoms with Crippen molar-refractivity contribution in [3.05, 3.63) is 28.2 Å². The summed E-state index contributed by atoms with van der Waals surface area (Å²) in [5.41, 5.74) is 0. The van der Waals surface area contributed by atoms with Crippen molar-refractivity contribution in [2.45, 2.75) is 18.9 Å². The van der Waals surface area contributed by atoms with Gasteiger partial charge < -0.3 is 10.1 Å². The van der Waals surface area contributed by atoms with Gasteiger partial charge in [-0.25, -0.2) is 0 Å². The van der Waals surface area contributed by atoms with Crippen LogP contribution in [0.5, 0.6) is 5.75 Å². The molecule has 0 spiro atoms. The van der Waals surface area contributed by atoms with E-state index in [0.717, 1.165) is 12.8 Å². The van der Waals surface area contributed by atoms with Crippen molar-refractivity contribution in [3.8, 4) is 5.75 Å². The van der Waals surface area contributed by atoms with Crippen LogP contribution in [0.3, 0.4) is 0 Å². The van der Waals surface area contributed by atoms with E-state index in [1.807, 2.05) is 0 Å². The molecular weight excluding hydrogens is 249 g/mol. The molecule has 1 aromatic rings. The Morgan fingerprint density at radius 2 is 2.19 bits per heavy atom. The molecule has 0 atom stereocenters. The first-order valence-corrected chi connectivity index (χ1v) is 5.78. The normalized spacial score (nSPS) is 14.6. The molecular formula is C11H11Cl2NO2. The summed E-state index contributed by atoms with van der Waals surface area (Å²) in [7, 11) is 0. The molecule has 3 nitrogen and oxygen atoms in total. The van der Waals surface area contributed by atoms with Crippen molar-refractivity contribution >= 4 is 29.1 Å². The molecule has 1 saturated carbocycles. The minimum Gasteiger partial charge on any atom is -0.482 e. The molecule has 0 bridgehead atoms. The van der Waals surface area contributed by atoms with Gasteiger partial charge in [0.25, 0.3) is 5.91 Å². The number of ether oxygens (including phenoxy) is 1. The first-order valence-electron chi connectivity index (χ1n) is 5.03. The molecule has 0 unspecified atom stereocenters. The number of halogens is 2. The van der Waals surface area contributed by atoms with Gasteiger partial charge >= 0.3 is 0 Å². The van der Waals surface area contributed by atoms with E-state index < -0.39 is 0 Å². The zero-order chi connectivity index (χ0) is 11.5. The van der Waals surface area contributed by atoms with Gasteiger partial charge in [-0.05, 0) is 25.0 Å². The third-order valence-electron chi connectivity index (χ3n) is 2.22. The second-order valence-electron chi connectivity index (χ2n) is 3.68. The average molecular weight is 260 g/mol. The Morgan fingerprint density at radius 1 is 1.44 bits per heavy atom. The molecule has 0 aromatic heterocycles. The van der Waals surface area contributed by atoms with Gasteiger partial charge in [-0.1, -0.05) is 29.3 Å². The van der Waals surface area contributed by atoms with E-state index in [1.165, 1.54) is 0 Å². The fraction of sp³-hybridized carbons (Fsp3) is 0.364. The second-order valence-corrected chi connectivity index (χ2v) is 4.47. The largest absolute Gasteiger partial charge is 0.482 e. The lowest BCUT2D eigenvalue weighted by molar-refractivity contribution is -0.123. The van der Waals surface area contributed by atoms with Gasteiger partial charge in [0.2, 0.25) is 0 Å². The highest BCUT2D eigenvalue weighted by atomic mass is 35.5. The Morgan fingerprint density at radius 3 is 2.88 bits per heavy atom. The van der Waals surface area contributed by atoms with Gasteiger partial charge in [-0.3, -0.25) is 4.79 Å². The van der Waals surface area contributed by atoms with Crippen LogP contribution in [0.2, 0.25) is 10.0 Å². The highest BCUT2D eigenvalue weighted by molar-refractivity contribution is 6.42. The average Bonchev–Trinajstić information content (AvgIpc) is 3.04. The molecule has 1 aromatic carbocycles. The number of carbonyl (C=O) groups is 1. The van der Waals surface area contributed by atoms with Crippen LogP contribution in [0.15, 0.2) is 18.2 Å². The van der Waals surface area contributed by atoms with E-state index >= 15 is 0 Å². The van der Waals surface area contributed by atoms with Crippen LogP contribution >= 0.6 is 23.2 Å². The van der Waals surface area contributed by atoms with Gasteiger partial charge in [0.1, 0.15) is 10.8 Å². The van der Waals surface area contributed by atoms with E-state index in [1.54, 1.807) is 18.2 Å².